The molecule has 3 atom stereocenters. The van der Waals surface area contributed by atoms with Crippen LogP contribution in [0.3, 0.4) is 0 Å². The predicted molar refractivity (Wildman–Crippen MR) is 90.5 cm³/mol. The minimum Gasteiger partial charge on any atom is -0.444 e. The highest BCUT2D eigenvalue weighted by atomic mass is 32.2. The number of likely N-dealkylation sites (N-methyl/N-ethyl adjacent to an activating group) is 1. The van der Waals surface area contributed by atoms with Gasteiger partial charge in [-0.3, -0.25) is 14.5 Å². The Labute approximate surface area is 146 Å². The lowest BCUT2D eigenvalue weighted by atomic mass is 9.94. The van der Waals surface area contributed by atoms with Crippen molar-refractivity contribution in [2.45, 2.75) is 62.6 Å². The summed E-state index contributed by atoms with van der Waals surface area (Å²) in [4.78, 5) is 41.2. The van der Waals surface area contributed by atoms with Gasteiger partial charge in [0.2, 0.25) is 11.8 Å². The van der Waals surface area contributed by atoms with Crippen LogP contribution in [-0.2, 0) is 14.3 Å². The van der Waals surface area contributed by atoms with Gasteiger partial charge in [0.25, 0.3) is 0 Å². The van der Waals surface area contributed by atoms with Crippen molar-refractivity contribution < 1.29 is 19.1 Å². The van der Waals surface area contributed by atoms with Gasteiger partial charge in [-0.05, 0) is 33.6 Å². The van der Waals surface area contributed by atoms with Gasteiger partial charge in [-0.25, -0.2) is 4.79 Å². The average molecular weight is 355 g/mol. The normalized spacial score (nSPS) is 32.4. The topological polar surface area (TPSA) is 79.0 Å². The molecule has 8 heteroatoms. The van der Waals surface area contributed by atoms with Gasteiger partial charge in [0, 0.05) is 25.8 Å². The zero-order valence-electron chi connectivity index (χ0n) is 14.6. The van der Waals surface area contributed by atoms with Crippen LogP contribution in [0.25, 0.3) is 0 Å². The number of carbonyl (C=O) groups excluding carboxylic acids is 3. The first-order chi connectivity index (χ1) is 11.2. The first kappa shape index (κ1) is 17.4. The molecule has 3 rings (SSSR count). The smallest absolute Gasteiger partial charge is 0.411 e. The Kier molecular flexibility index (Phi) is 4.22. The Hall–Kier alpha value is -1.44. The van der Waals surface area contributed by atoms with E-state index < -0.39 is 23.3 Å². The first-order valence-corrected chi connectivity index (χ1v) is 9.41. The fourth-order valence-electron chi connectivity index (χ4n) is 3.87. The van der Waals surface area contributed by atoms with Crippen molar-refractivity contribution in [2.24, 2.45) is 0 Å². The molecule has 3 amide bonds. The van der Waals surface area contributed by atoms with E-state index in [1.165, 1.54) is 0 Å². The number of rotatable bonds is 1. The molecule has 7 nitrogen and oxygen atoms in total. The van der Waals surface area contributed by atoms with E-state index in [9.17, 15) is 14.4 Å². The van der Waals surface area contributed by atoms with E-state index in [1.54, 1.807) is 28.6 Å². The van der Waals surface area contributed by atoms with Crippen molar-refractivity contribution in [3.05, 3.63) is 0 Å². The van der Waals surface area contributed by atoms with Crippen LogP contribution >= 0.6 is 11.8 Å². The number of amides is 3. The zero-order chi connectivity index (χ0) is 17.7. The number of ether oxygens (including phenoxy) is 1. The quantitative estimate of drug-likeness (QED) is 0.764. The summed E-state index contributed by atoms with van der Waals surface area (Å²) in [5.41, 5.74) is -1.44. The van der Waals surface area contributed by atoms with Crippen LogP contribution in [0.5, 0.6) is 0 Å². The second-order valence-electron chi connectivity index (χ2n) is 7.60. The monoisotopic (exact) mass is 355 g/mol. The number of thioether (sulfide) groups is 1. The van der Waals surface area contributed by atoms with Crippen LogP contribution in [0.2, 0.25) is 0 Å². The Morgan fingerprint density at radius 2 is 2.08 bits per heavy atom. The number of nitrogens with zero attached hydrogens (tertiary/aromatic N) is 2. The average Bonchev–Trinajstić information content (AvgIpc) is 3.15. The van der Waals surface area contributed by atoms with E-state index in [1.807, 2.05) is 20.8 Å². The first-order valence-electron chi connectivity index (χ1n) is 8.36. The van der Waals surface area contributed by atoms with Crippen molar-refractivity contribution in [2.75, 3.05) is 19.3 Å². The van der Waals surface area contributed by atoms with Gasteiger partial charge in [0.15, 0.2) is 0 Å². The maximum atomic E-state index is 13.2. The molecule has 0 saturated carbocycles. The molecule has 3 saturated heterocycles. The lowest BCUT2D eigenvalue weighted by Crippen LogP contribution is -2.56. The van der Waals surface area contributed by atoms with Gasteiger partial charge < -0.3 is 15.0 Å². The van der Waals surface area contributed by atoms with E-state index in [-0.39, 0.29) is 17.2 Å². The van der Waals surface area contributed by atoms with Crippen molar-refractivity contribution in [3.8, 4) is 0 Å². The molecule has 0 aromatic carbocycles. The maximum Gasteiger partial charge on any atom is 0.411 e. The van der Waals surface area contributed by atoms with E-state index in [0.717, 1.165) is 6.42 Å². The molecule has 24 heavy (non-hydrogen) atoms. The van der Waals surface area contributed by atoms with Crippen molar-refractivity contribution in [1.29, 1.82) is 0 Å². The molecule has 3 heterocycles. The third-order valence-electron chi connectivity index (χ3n) is 4.89. The summed E-state index contributed by atoms with van der Waals surface area (Å²) in [7, 11) is 1.58. The summed E-state index contributed by atoms with van der Waals surface area (Å²) >= 11 is 1.62. The lowest BCUT2D eigenvalue weighted by Gasteiger charge is -2.35. The summed E-state index contributed by atoms with van der Waals surface area (Å²) in [5.74, 6) is 0.366. The minimum atomic E-state index is -0.841. The third kappa shape index (κ3) is 2.64. The molecule has 3 aliphatic rings. The van der Waals surface area contributed by atoms with E-state index in [2.05, 4.69) is 5.32 Å². The highest BCUT2D eigenvalue weighted by molar-refractivity contribution is 8.00. The summed E-state index contributed by atoms with van der Waals surface area (Å²) in [5, 5.41) is 2.59. The molecule has 3 fully saturated rings. The minimum absolute atomic E-state index is 0.0390. The molecule has 1 N–H and O–H groups in total. The molecule has 0 aromatic heterocycles. The van der Waals surface area contributed by atoms with E-state index in [4.69, 9.17) is 4.74 Å². The Morgan fingerprint density at radius 1 is 1.38 bits per heavy atom. The van der Waals surface area contributed by atoms with Gasteiger partial charge >= 0.3 is 6.09 Å². The number of likely N-dealkylation sites (tertiary alicyclic amines) is 1. The molecular weight excluding hydrogens is 330 g/mol. The van der Waals surface area contributed by atoms with Gasteiger partial charge in [-0.2, -0.15) is 0 Å². The summed E-state index contributed by atoms with van der Waals surface area (Å²) in [6.45, 7) is 5.98. The van der Waals surface area contributed by atoms with Crippen LogP contribution in [-0.4, -0.2) is 69.6 Å². The Bertz CT molecular complexity index is 576. The number of hydrogen-bond donors (Lipinski definition) is 1. The van der Waals surface area contributed by atoms with Crippen LogP contribution < -0.4 is 5.32 Å². The van der Waals surface area contributed by atoms with Crippen molar-refractivity contribution in [1.82, 2.24) is 15.1 Å². The predicted octanol–water partition coefficient (Wildman–Crippen LogP) is 1.18. The van der Waals surface area contributed by atoms with Crippen LogP contribution in [0.15, 0.2) is 0 Å². The summed E-state index contributed by atoms with van der Waals surface area (Å²) in [6, 6.07) is -0.446. The number of fused-ring (bicyclic) bond motifs is 1. The van der Waals surface area contributed by atoms with Crippen LogP contribution in [0.4, 0.5) is 4.79 Å². The van der Waals surface area contributed by atoms with Crippen LogP contribution in [0.1, 0.15) is 40.0 Å². The molecule has 0 aromatic rings. The summed E-state index contributed by atoms with van der Waals surface area (Å²) in [6.07, 6.45) is 1.56. The SMILES string of the molecule is CNC(=O)[C@H]1CS[C@@H]2C[C@]3(CCCN3C(=O)OC(C)(C)C)C(=O)N12. The standard InChI is InChI=1S/C16H25N3O4S/c1-15(2,3)23-14(22)18-7-5-6-16(18)8-11-19(13(16)21)10(9-24-11)12(20)17-4/h10-11H,5-9H2,1-4H3,(H,17,20)/t10-,11-,16-/m1/s1. The number of nitrogens with one attached hydrogen (secondary N) is 1. The second kappa shape index (κ2) is 5.82. The maximum absolute atomic E-state index is 13.2. The Balaban J connectivity index is 1.84. The van der Waals surface area contributed by atoms with E-state index in [0.29, 0.717) is 25.1 Å². The molecular formula is C16H25N3O4S. The number of hydrogen-bond acceptors (Lipinski definition) is 5. The molecule has 0 bridgehead atoms. The van der Waals surface area contributed by atoms with Gasteiger partial charge in [0.1, 0.15) is 17.2 Å². The van der Waals surface area contributed by atoms with Crippen LogP contribution in [0, 0.1) is 0 Å². The highest BCUT2D eigenvalue weighted by Crippen LogP contribution is 2.49. The fourth-order valence-corrected chi connectivity index (χ4v) is 5.39. The van der Waals surface area contributed by atoms with Gasteiger partial charge in [-0.15, -0.1) is 11.8 Å². The molecule has 0 unspecified atom stereocenters. The fraction of sp³-hybridized carbons (Fsp3) is 0.812. The largest absolute Gasteiger partial charge is 0.444 e. The summed E-state index contributed by atoms with van der Waals surface area (Å²) < 4.78 is 5.50. The molecule has 1 spiro atoms. The zero-order valence-corrected chi connectivity index (χ0v) is 15.4. The van der Waals surface area contributed by atoms with E-state index >= 15 is 0 Å². The number of carbonyl (C=O) groups is 3. The van der Waals surface area contributed by atoms with Gasteiger partial charge in [0.05, 0.1) is 5.37 Å². The molecule has 0 radical (unpaired) electrons. The van der Waals surface area contributed by atoms with Crippen molar-refractivity contribution in [3.63, 3.8) is 0 Å². The third-order valence-corrected chi connectivity index (χ3v) is 6.18. The van der Waals surface area contributed by atoms with Crippen molar-refractivity contribution >= 4 is 29.7 Å². The lowest BCUT2D eigenvalue weighted by molar-refractivity contribution is -0.142. The molecule has 134 valence electrons. The second-order valence-corrected chi connectivity index (χ2v) is 8.81. The highest BCUT2D eigenvalue weighted by Gasteiger charge is 2.63. The van der Waals surface area contributed by atoms with Gasteiger partial charge in [-0.1, -0.05) is 0 Å². The molecule has 0 aliphatic carbocycles. The Morgan fingerprint density at radius 3 is 2.71 bits per heavy atom. The molecule has 3 aliphatic heterocycles.